The van der Waals surface area contributed by atoms with Gasteiger partial charge in [-0.15, -0.1) is 0 Å². The van der Waals surface area contributed by atoms with E-state index >= 15 is 0 Å². The molecule has 8 nitrogen and oxygen atoms in total. The number of nitrogens with one attached hydrogen (secondary N) is 1. The van der Waals surface area contributed by atoms with Crippen molar-refractivity contribution in [2.24, 2.45) is 0 Å². The number of anilines is 2. The first kappa shape index (κ1) is 25.2. The molecule has 1 atom stereocenters. The number of halogens is 1. The van der Waals surface area contributed by atoms with Gasteiger partial charge in [-0.2, -0.15) is 4.31 Å². The van der Waals surface area contributed by atoms with Gasteiger partial charge in [0, 0.05) is 50.2 Å². The molecule has 186 valence electrons. The summed E-state index contributed by atoms with van der Waals surface area (Å²) in [4.78, 5) is 14.5. The molecule has 0 saturated carbocycles. The maximum absolute atomic E-state index is 13.7. The molecular formula is C25H28ClN3O5S. The van der Waals surface area contributed by atoms with Crippen molar-refractivity contribution in [2.75, 3.05) is 37.5 Å². The molecule has 1 saturated heterocycles. The normalized spacial score (nSPS) is 15.9. The van der Waals surface area contributed by atoms with Crippen molar-refractivity contribution in [1.82, 2.24) is 4.31 Å². The van der Waals surface area contributed by atoms with E-state index in [9.17, 15) is 13.2 Å². The number of carbonyl (C=O) groups is 1. The third-order valence-electron chi connectivity index (χ3n) is 5.78. The predicted molar refractivity (Wildman–Crippen MR) is 135 cm³/mol. The molecule has 1 amide bonds. The minimum Gasteiger partial charge on any atom is -0.459 e. The van der Waals surface area contributed by atoms with E-state index in [4.69, 9.17) is 20.8 Å². The summed E-state index contributed by atoms with van der Waals surface area (Å²) in [5.41, 5.74) is 2.10. The Balaban J connectivity index is 1.68. The SMILES string of the molecule is CN(C)c1ccc(NC(=O)c2ccco2)cc1CN(C[C@H]1CCCO1)S(=O)(=O)c1cccc(Cl)c1. The number of nitrogens with zero attached hydrogens (tertiary/aromatic N) is 2. The van der Waals surface area contributed by atoms with Crippen LogP contribution in [0.3, 0.4) is 0 Å². The van der Waals surface area contributed by atoms with E-state index in [1.807, 2.05) is 25.1 Å². The molecule has 1 aliphatic heterocycles. The molecule has 10 heteroatoms. The van der Waals surface area contributed by atoms with Crippen molar-refractivity contribution in [3.63, 3.8) is 0 Å². The molecule has 3 aromatic rings. The standard InChI is InChI=1S/C25H28ClN3O5S/c1-28(2)23-11-10-20(27-25(30)24-9-5-13-34-24)14-18(23)16-29(17-21-7-4-12-33-21)35(31,32)22-8-3-6-19(26)15-22/h3,5-6,8-11,13-15,21H,4,7,12,16-17H2,1-2H3,(H,27,30)/t21-/m1/s1. The average molecular weight is 518 g/mol. The van der Waals surface area contributed by atoms with Crippen LogP contribution in [0.2, 0.25) is 5.02 Å². The van der Waals surface area contributed by atoms with Gasteiger partial charge in [-0.3, -0.25) is 4.79 Å². The van der Waals surface area contributed by atoms with Crippen LogP contribution in [0.25, 0.3) is 0 Å². The monoisotopic (exact) mass is 517 g/mol. The second-order valence-electron chi connectivity index (χ2n) is 8.56. The highest BCUT2D eigenvalue weighted by molar-refractivity contribution is 7.89. The summed E-state index contributed by atoms with van der Waals surface area (Å²) in [7, 11) is -0.106. The van der Waals surface area contributed by atoms with E-state index in [0.29, 0.717) is 17.3 Å². The van der Waals surface area contributed by atoms with Crippen molar-refractivity contribution in [3.8, 4) is 0 Å². The number of furan rings is 1. The smallest absolute Gasteiger partial charge is 0.291 e. The summed E-state index contributed by atoms with van der Waals surface area (Å²) in [6.07, 6.45) is 2.93. The molecule has 4 rings (SSSR count). The van der Waals surface area contributed by atoms with Crippen LogP contribution in [0, 0.1) is 0 Å². The molecule has 2 heterocycles. The lowest BCUT2D eigenvalue weighted by molar-refractivity contribution is 0.0926. The van der Waals surface area contributed by atoms with Crippen molar-refractivity contribution in [3.05, 3.63) is 77.2 Å². The Morgan fingerprint density at radius 1 is 1.14 bits per heavy atom. The first-order valence-electron chi connectivity index (χ1n) is 11.3. The molecule has 0 radical (unpaired) electrons. The van der Waals surface area contributed by atoms with Gasteiger partial charge in [-0.05, 0) is 66.9 Å². The summed E-state index contributed by atoms with van der Waals surface area (Å²) < 4.78 is 39.7. The molecule has 0 aliphatic carbocycles. The molecule has 0 unspecified atom stereocenters. The Morgan fingerprint density at radius 2 is 1.97 bits per heavy atom. The minimum atomic E-state index is -3.88. The fraction of sp³-hybridized carbons (Fsp3) is 0.320. The highest BCUT2D eigenvalue weighted by Gasteiger charge is 2.30. The van der Waals surface area contributed by atoms with Crippen LogP contribution >= 0.6 is 11.6 Å². The highest BCUT2D eigenvalue weighted by atomic mass is 35.5. The Hall–Kier alpha value is -2.85. The minimum absolute atomic E-state index is 0.0900. The lowest BCUT2D eigenvalue weighted by atomic mass is 10.1. The number of carbonyl (C=O) groups excluding carboxylic acids is 1. The summed E-state index contributed by atoms with van der Waals surface area (Å²) in [5, 5.41) is 3.16. The third-order valence-corrected chi connectivity index (χ3v) is 7.82. The van der Waals surface area contributed by atoms with Gasteiger partial charge in [-0.1, -0.05) is 17.7 Å². The molecule has 0 spiro atoms. The topological polar surface area (TPSA) is 92.1 Å². The number of rotatable bonds is 9. The van der Waals surface area contributed by atoms with Crippen LogP contribution in [0.15, 0.2) is 70.2 Å². The summed E-state index contributed by atoms with van der Waals surface area (Å²) in [5.74, 6) is -0.201. The molecule has 1 aromatic heterocycles. The summed E-state index contributed by atoms with van der Waals surface area (Å²) in [6, 6.07) is 14.9. The quantitative estimate of drug-likeness (QED) is 0.445. The summed E-state index contributed by atoms with van der Waals surface area (Å²) in [6.45, 7) is 0.921. The lowest BCUT2D eigenvalue weighted by Crippen LogP contribution is -2.37. The average Bonchev–Trinajstić information content (AvgIpc) is 3.53. The Labute approximate surface area is 210 Å². The number of benzene rings is 2. The third kappa shape index (κ3) is 6.05. The Morgan fingerprint density at radius 3 is 2.63 bits per heavy atom. The van der Waals surface area contributed by atoms with E-state index in [0.717, 1.165) is 24.1 Å². The maximum atomic E-state index is 13.7. The van der Waals surface area contributed by atoms with Gasteiger partial charge in [0.15, 0.2) is 5.76 Å². The highest BCUT2D eigenvalue weighted by Crippen LogP contribution is 2.29. The number of ether oxygens (including phenoxy) is 1. The van der Waals surface area contributed by atoms with Crippen molar-refractivity contribution < 1.29 is 22.4 Å². The molecule has 1 fully saturated rings. The second kappa shape index (κ2) is 10.8. The van der Waals surface area contributed by atoms with Gasteiger partial charge < -0.3 is 19.4 Å². The molecule has 1 aliphatic rings. The predicted octanol–water partition coefficient (Wildman–Crippen LogP) is 4.62. The zero-order valence-corrected chi connectivity index (χ0v) is 21.2. The first-order valence-corrected chi connectivity index (χ1v) is 13.1. The molecule has 2 aromatic carbocycles. The number of hydrogen-bond donors (Lipinski definition) is 1. The van der Waals surface area contributed by atoms with Gasteiger partial charge in [0.2, 0.25) is 10.0 Å². The first-order chi connectivity index (χ1) is 16.7. The van der Waals surface area contributed by atoms with Crippen LogP contribution in [0.5, 0.6) is 0 Å². The summed E-state index contributed by atoms with van der Waals surface area (Å²) >= 11 is 6.10. The molecule has 1 N–H and O–H groups in total. The Kier molecular flexibility index (Phi) is 7.81. The molecule has 35 heavy (non-hydrogen) atoms. The van der Waals surface area contributed by atoms with Crippen LogP contribution in [-0.4, -0.2) is 52.0 Å². The van der Waals surface area contributed by atoms with Crippen LogP contribution in [-0.2, 0) is 21.3 Å². The van der Waals surface area contributed by atoms with E-state index in [-0.39, 0.29) is 35.8 Å². The van der Waals surface area contributed by atoms with Crippen LogP contribution < -0.4 is 10.2 Å². The number of amides is 1. The van der Waals surface area contributed by atoms with Crippen molar-refractivity contribution in [2.45, 2.75) is 30.4 Å². The molecule has 0 bridgehead atoms. The van der Waals surface area contributed by atoms with E-state index in [2.05, 4.69) is 5.32 Å². The van der Waals surface area contributed by atoms with Gasteiger partial charge in [0.25, 0.3) is 5.91 Å². The van der Waals surface area contributed by atoms with E-state index in [1.54, 1.807) is 36.4 Å². The lowest BCUT2D eigenvalue weighted by Gasteiger charge is -2.27. The second-order valence-corrected chi connectivity index (χ2v) is 10.9. The van der Waals surface area contributed by atoms with Gasteiger partial charge in [0.1, 0.15) is 0 Å². The van der Waals surface area contributed by atoms with Crippen molar-refractivity contribution in [1.29, 1.82) is 0 Å². The number of hydrogen-bond acceptors (Lipinski definition) is 6. The fourth-order valence-corrected chi connectivity index (χ4v) is 5.81. The zero-order valence-electron chi connectivity index (χ0n) is 19.6. The zero-order chi connectivity index (χ0) is 25.0. The van der Waals surface area contributed by atoms with Crippen LogP contribution in [0.4, 0.5) is 11.4 Å². The van der Waals surface area contributed by atoms with Gasteiger partial charge >= 0.3 is 0 Å². The fourth-order valence-electron chi connectivity index (χ4n) is 4.06. The largest absolute Gasteiger partial charge is 0.459 e. The van der Waals surface area contributed by atoms with E-state index in [1.165, 1.54) is 22.7 Å². The van der Waals surface area contributed by atoms with Gasteiger partial charge in [-0.25, -0.2) is 8.42 Å². The Bertz CT molecular complexity index is 1270. The molecular weight excluding hydrogens is 490 g/mol. The number of sulfonamides is 1. The van der Waals surface area contributed by atoms with E-state index < -0.39 is 10.0 Å². The maximum Gasteiger partial charge on any atom is 0.291 e. The van der Waals surface area contributed by atoms with Crippen molar-refractivity contribution >= 4 is 38.9 Å². The van der Waals surface area contributed by atoms with Crippen LogP contribution in [0.1, 0.15) is 29.0 Å². The van der Waals surface area contributed by atoms with Gasteiger partial charge in [0.05, 0.1) is 17.3 Å².